The van der Waals surface area contributed by atoms with E-state index >= 15 is 0 Å². The predicted octanol–water partition coefficient (Wildman–Crippen LogP) is 3.71. The second-order valence-corrected chi connectivity index (χ2v) is 9.77. The number of anilines is 1. The molecule has 5 rings (SSSR count). The first-order valence-electron chi connectivity index (χ1n) is 11.9. The van der Waals surface area contributed by atoms with Gasteiger partial charge in [0.05, 0.1) is 28.0 Å². The molecule has 1 aliphatic rings. The summed E-state index contributed by atoms with van der Waals surface area (Å²) in [6, 6.07) is 16.7. The molecule has 0 saturated heterocycles. The Hall–Kier alpha value is -4.04. The third kappa shape index (κ3) is 4.13. The van der Waals surface area contributed by atoms with Gasteiger partial charge in [-0.15, -0.1) is 0 Å². The van der Waals surface area contributed by atoms with Crippen molar-refractivity contribution in [3.05, 3.63) is 114 Å². The van der Waals surface area contributed by atoms with E-state index in [1.54, 1.807) is 10.8 Å². The highest BCUT2D eigenvalue weighted by atomic mass is 32.1. The molecule has 1 atom stereocenters. The Morgan fingerprint density at radius 2 is 1.81 bits per heavy atom. The molecule has 2 aromatic heterocycles. The minimum Gasteiger partial charge on any atom is -0.322 e. The lowest BCUT2D eigenvalue weighted by molar-refractivity contribution is -0.113. The molecule has 3 heterocycles. The van der Waals surface area contributed by atoms with Crippen LogP contribution in [0.2, 0.25) is 0 Å². The van der Waals surface area contributed by atoms with Gasteiger partial charge in [0, 0.05) is 23.5 Å². The van der Waals surface area contributed by atoms with E-state index in [0.717, 1.165) is 34.6 Å². The standard InChI is InChI=1S/C28H27N5O2S/c1-5-32-19(4)21(16-29-32)15-23-27(35)33-25(20-12-7-6-8-13-20)24(18(3)30-28(33)36-23)26(34)31-22-14-10-9-11-17(22)2/h6-16,25H,5H2,1-4H3,(H,31,34). The number of hydrogen-bond donors (Lipinski definition) is 1. The van der Waals surface area contributed by atoms with E-state index in [2.05, 4.69) is 10.4 Å². The normalized spacial score (nSPS) is 15.6. The van der Waals surface area contributed by atoms with Gasteiger partial charge in [-0.05, 0) is 51.0 Å². The lowest BCUT2D eigenvalue weighted by Crippen LogP contribution is -2.40. The van der Waals surface area contributed by atoms with Crippen LogP contribution in [-0.4, -0.2) is 20.3 Å². The molecule has 0 saturated carbocycles. The fourth-order valence-electron chi connectivity index (χ4n) is 4.53. The zero-order valence-corrected chi connectivity index (χ0v) is 21.5. The molecule has 8 heteroatoms. The van der Waals surface area contributed by atoms with Crippen LogP contribution in [0.25, 0.3) is 6.08 Å². The van der Waals surface area contributed by atoms with Crippen LogP contribution in [0.3, 0.4) is 0 Å². The van der Waals surface area contributed by atoms with E-state index in [9.17, 15) is 9.59 Å². The monoisotopic (exact) mass is 497 g/mol. The first kappa shape index (κ1) is 23.7. The average Bonchev–Trinajstić information content (AvgIpc) is 3.38. The van der Waals surface area contributed by atoms with Gasteiger partial charge < -0.3 is 5.32 Å². The number of para-hydroxylation sites is 1. The van der Waals surface area contributed by atoms with Gasteiger partial charge in [-0.1, -0.05) is 59.9 Å². The number of allylic oxidation sites excluding steroid dienone is 1. The molecule has 182 valence electrons. The lowest BCUT2D eigenvalue weighted by Gasteiger charge is -2.25. The van der Waals surface area contributed by atoms with Gasteiger partial charge in [-0.3, -0.25) is 18.8 Å². The minimum atomic E-state index is -0.590. The quantitative estimate of drug-likeness (QED) is 0.457. The van der Waals surface area contributed by atoms with Crippen molar-refractivity contribution in [1.29, 1.82) is 0 Å². The van der Waals surface area contributed by atoms with Crippen LogP contribution in [0.4, 0.5) is 5.69 Å². The van der Waals surface area contributed by atoms with E-state index in [0.29, 0.717) is 20.6 Å². The highest BCUT2D eigenvalue weighted by molar-refractivity contribution is 7.07. The zero-order valence-electron chi connectivity index (χ0n) is 20.6. The molecule has 1 aliphatic heterocycles. The SMILES string of the molecule is CCn1ncc(C=c2sc3n(c2=O)C(c2ccccc2)C(C(=O)Nc2ccccc2C)=C(C)N=3)c1C. The van der Waals surface area contributed by atoms with Crippen molar-refractivity contribution in [3.8, 4) is 0 Å². The second-order valence-electron chi connectivity index (χ2n) is 8.76. The van der Waals surface area contributed by atoms with Gasteiger partial charge >= 0.3 is 0 Å². The summed E-state index contributed by atoms with van der Waals surface area (Å²) in [6.07, 6.45) is 3.64. The molecule has 0 bridgehead atoms. The number of rotatable bonds is 5. The summed E-state index contributed by atoms with van der Waals surface area (Å²) in [7, 11) is 0. The molecule has 7 nitrogen and oxygen atoms in total. The van der Waals surface area contributed by atoms with Gasteiger partial charge in [-0.2, -0.15) is 5.10 Å². The summed E-state index contributed by atoms with van der Waals surface area (Å²) in [4.78, 5) is 32.7. The summed E-state index contributed by atoms with van der Waals surface area (Å²) in [5.41, 5.74) is 5.31. The molecule has 0 fully saturated rings. The molecule has 1 N–H and O–H groups in total. The van der Waals surface area contributed by atoms with E-state index in [1.807, 2.05) is 93.1 Å². The molecule has 36 heavy (non-hydrogen) atoms. The molecule has 1 amide bonds. The largest absolute Gasteiger partial charge is 0.322 e. The number of benzene rings is 2. The van der Waals surface area contributed by atoms with Gasteiger partial charge in [-0.25, -0.2) is 4.99 Å². The fourth-order valence-corrected chi connectivity index (χ4v) is 5.57. The number of amides is 1. The van der Waals surface area contributed by atoms with Gasteiger partial charge in [0.1, 0.15) is 0 Å². The molecular weight excluding hydrogens is 470 g/mol. The van der Waals surface area contributed by atoms with Crippen LogP contribution in [0.15, 0.2) is 81.9 Å². The van der Waals surface area contributed by atoms with Crippen LogP contribution in [-0.2, 0) is 11.3 Å². The van der Waals surface area contributed by atoms with Crippen molar-refractivity contribution < 1.29 is 4.79 Å². The van der Waals surface area contributed by atoms with E-state index in [4.69, 9.17) is 4.99 Å². The summed E-state index contributed by atoms with van der Waals surface area (Å²) in [6.45, 7) is 8.56. The summed E-state index contributed by atoms with van der Waals surface area (Å²) in [5.74, 6) is -0.270. The lowest BCUT2D eigenvalue weighted by atomic mass is 9.95. The molecule has 0 spiro atoms. The zero-order chi connectivity index (χ0) is 25.4. The van der Waals surface area contributed by atoms with Crippen LogP contribution in [0, 0.1) is 13.8 Å². The molecule has 1 unspecified atom stereocenters. The van der Waals surface area contributed by atoms with Crippen molar-refractivity contribution in [3.63, 3.8) is 0 Å². The predicted molar refractivity (Wildman–Crippen MR) is 143 cm³/mol. The van der Waals surface area contributed by atoms with Crippen LogP contribution < -0.4 is 20.2 Å². The number of aromatic nitrogens is 3. The number of carbonyl (C=O) groups is 1. The first-order valence-corrected chi connectivity index (χ1v) is 12.7. The first-order chi connectivity index (χ1) is 17.4. The summed E-state index contributed by atoms with van der Waals surface area (Å²) < 4.78 is 4.10. The van der Waals surface area contributed by atoms with Crippen molar-refractivity contribution in [1.82, 2.24) is 14.3 Å². The third-order valence-electron chi connectivity index (χ3n) is 6.50. The molecule has 0 radical (unpaired) electrons. The topological polar surface area (TPSA) is 81.3 Å². The van der Waals surface area contributed by atoms with Crippen molar-refractivity contribution in [2.24, 2.45) is 4.99 Å². The average molecular weight is 498 g/mol. The number of fused-ring (bicyclic) bond motifs is 1. The van der Waals surface area contributed by atoms with Crippen molar-refractivity contribution in [2.45, 2.75) is 40.3 Å². The van der Waals surface area contributed by atoms with Gasteiger partial charge in [0.15, 0.2) is 4.80 Å². The molecule has 4 aromatic rings. The maximum Gasteiger partial charge on any atom is 0.271 e. The van der Waals surface area contributed by atoms with Crippen LogP contribution >= 0.6 is 11.3 Å². The smallest absolute Gasteiger partial charge is 0.271 e. The Labute approximate surface area is 212 Å². The Morgan fingerprint density at radius 1 is 1.08 bits per heavy atom. The fraction of sp³-hybridized carbons (Fsp3) is 0.214. The molecule has 0 aliphatic carbocycles. The highest BCUT2D eigenvalue weighted by Gasteiger charge is 2.32. The van der Waals surface area contributed by atoms with E-state index in [1.165, 1.54) is 11.3 Å². The minimum absolute atomic E-state index is 0.176. The Morgan fingerprint density at radius 3 is 2.50 bits per heavy atom. The third-order valence-corrected chi connectivity index (χ3v) is 7.49. The number of thiazole rings is 1. The second kappa shape index (κ2) is 9.54. The summed E-state index contributed by atoms with van der Waals surface area (Å²) in [5, 5.41) is 7.43. The highest BCUT2D eigenvalue weighted by Crippen LogP contribution is 2.31. The number of carbonyl (C=O) groups excluding carboxylic acids is 1. The van der Waals surface area contributed by atoms with Gasteiger partial charge in [0.25, 0.3) is 11.5 Å². The van der Waals surface area contributed by atoms with Crippen molar-refractivity contribution in [2.75, 3.05) is 5.32 Å². The Kier molecular flexibility index (Phi) is 6.28. The van der Waals surface area contributed by atoms with Crippen molar-refractivity contribution >= 4 is 29.0 Å². The van der Waals surface area contributed by atoms with Crippen LogP contribution in [0.1, 0.15) is 42.3 Å². The van der Waals surface area contributed by atoms with Crippen LogP contribution in [0.5, 0.6) is 0 Å². The number of nitrogens with zero attached hydrogens (tertiary/aromatic N) is 4. The maximum absolute atomic E-state index is 13.8. The number of hydrogen-bond acceptors (Lipinski definition) is 5. The van der Waals surface area contributed by atoms with Gasteiger partial charge in [0.2, 0.25) is 0 Å². The van der Waals surface area contributed by atoms with E-state index in [-0.39, 0.29) is 11.5 Å². The Balaban J connectivity index is 1.67. The summed E-state index contributed by atoms with van der Waals surface area (Å²) >= 11 is 1.33. The maximum atomic E-state index is 13.8. The molecular formula is C28H27N5O2S. The number of aryl methyl sites for hydroxylation is 2. The molecule has 2 aromatic carbocycles. The van der Waals surface area contributed by atoms with E-state index < -0.39 is 6.04 Å². The number of nitrogens with one attached hydrogen (secondary N) is 1. The Bertz CT molecular complexity index is 1670.